The third kappa shape index (κ3) is 77.8. The fourth-order valence-corrected chi connectivity index (χ4v) is 11.6. The van der Waals surface area contributed by atoms with Crippen LogP contribution in [0.5, 0.6) is 0 Å². The van der Waals surface area contributed by atoms with Crippen molar-refractivity contribution in [2.75, 3.05) is 39.6 Å². The lowest BCUT2D eigenvalue weighted by molar-refractivity contribution is -0.161. The number of hydrogen-bond donors (Lipinski definition) is 4. The van der Waals surface area contributed by atoms with Gasteiger partial charge in [0.1, 0.15) is 25.4 Å². The number of carbonyl (C=O) groups is 3. The topological polar surface area (TPSA) is 231 Å². The van der Waals surface area contributed by atoms with Gasteiger partial charge in [-0.25, -0.2) is 9.13 Å². The first-order valence-electron chi connectivity index (χ1n) is 39.4. The Bertz CT molecular complexity index is 2550. The van der Waals surface area contributed by atoms with Gasteiger partial charge in [-0.1, -0.05) is 294 Å². The number of esters is 3. The van der Waals surface area contributed by atoms with Crippen LogP contribution >= 0.6 is 15.6 Å². The lowest BCUT2D eigenvalue weighted by atomic mass is 10.0. The third-order valence-electron chi connectivity index (χ3n) is 15.9. The highest BCUT2D eigenvalue weighted by Crippen LogP contribution is 2.45. The number of allylic oxidation sites excluding steroid dienone is 28. The lowest BCUT2D eigenvalue weighted by Crippen LogP contribution is -2.30. The van der Waals surface area contributed by atoms with Gasteiger partial charge in [0.2, 0.25) is 0 Å². The monoisotopic (exact) mass is 1480 g/mol. The van der Waals surface area contributed by atoms with Crippen LogP contribution in [0, 0.1) is 0 Å². The Morgan fingerprint density at radius 1 is 0.272 bits per heavy atom. The second-order valence-corrected chi connectivity index (χ2v) is 28.6. The van der Waals surface area contributed by atoms with Crippen LogP contribution in [0.3, 0.4) is 0 Å². The Hall–Kier alpha value is -5.09. The number of ether oxygens (including phenoxy) is 3. The SMILES string of the molecule is CC/C=C\C/C=C\C/C=C\C/C=C\C/C=C\C/C=C\CCCCCCC(=O)OCC(COP(=O)(O)OCC(O)COP(=O)(O)OCC(O)COC(=O)CCCCCCCCCCCCC/C=C\C/C=C\C/C=C\C/C=C\C/C=C\CC)OC(=O)CCCCCCCCC/C=C\C/C=C\C/C=C\CC. The molecule has 16 nitrogen and oxygen atoms in total. The first-order valence-corrected chi connectivity index (χ1v) is 42.4. The predicted molar refractivity (Wildman–Crippen MR) is 426 cm³/mol. The van der Waals surface area contributed by atoms with Crippen molar-refractivity contribution in [3.63, 3.8) is 0 Å². The molecular formula is C85H140O16P2. The first-order chi connectivity index (χ1) is 50.2. The molecule has 0 heterocycles. The van der Waals surface area contributed by atoms with Gasteiger partial charge >= 0.3 is 33.6 Å². The van der Waals surface area contributed by atoms with Gasteiger partial charge in [-0.15, -0.1) is 0 Å². The summed E-state index contributed by atoms with van der Waals surface area (Å²) < 4.78 is 61.2. The summed E-state index contributed by atoms with van der Waals surface area (Å²) in [6.07, 6.45) is 96.8. The molecule has 0 radical (unpaired) electrons. The molecule has 0 aromatic carbocycles. The summed E-state index contributed by atoms with van der Waals surface area (Å²) in [5.41, 5.74) is 0. The number of aliphatic hydroxyl groups is 2. The normalized spacial score (nSPS) is 14.9. The van der Waals surface area contributed by atoms with Crippen LogP contribution in [0.1, 0.15) is 290 Å². The number of hydrogen-bond acceptors (Lipinski definition) is 14. The Morgan fingerprint density at radius 3 is 0.767 bits per heavy atom. The van der Waals surface area contributed by atoms with Gasteiger partial charge in [-0.2, -0.15) is 0 Å². The zero-order chi connectivity index (χ0) is 75.2. The van der Waals surface area contributed by atoms with Crippen LogP contribution in [0.25, 0.3) is 0 Å². The van der Waals surface area contributed by atoms with E-state index in [9.17, 15) is 43.5 Å². The quantitative estimate of drug-likeness (QED) is 0.0146. The number of unbranched alkanes of at least 4 members (excludes halogenated alkanes) is 22. The second-order valence-electron chi connectivity index (χ2n) is 25.7. The molecule has 103 heavy (non-hydrogen) atoms. The molecule has 5 unspecified atom stereocenters. The molecule has 0 aliphatic carbocycles. The highest BCUT2D eigenvalue weighted by Gasteiger charge is 2.29. The Labute approximate surface area is 624 Å². The van der Waals surface area contributed by atoms with Crippen molar-refractivity contribution < 1.29 is 75.8 Å². The van der Waals surface area contributed by atoms with Crippen LogP contribution in [0.4, 0.5) is 0 Å². The van der Waals surface area contributed by atoms with Gasteiger partial charge in [-0.05, 0) is 148 Å². The largest absolute Gasteiger partial charge is 0.472 e. The minimum atomic E-state index is -4.95. The van der Waals surface area contributed by atoms with Crippen molar-refractivity contribution in [1.29, 1.82) is 0 Å². The molecule has 0 aromatic heterocycles. The molecule has 0 rings (SSSR count). The minimum absolute atomic E-state index is 0.0813. The molecule has 18 heteroatoms. The maximum atomic E-state index is 13.0. The van der Waals surface area contributed by atoms with E-state index >= 15 is 0 Å². The van der Waals surface area contributed by atoms with E-state index in [-0.39, 0.29) is 19.3 Å². The molecule has 0 bridgehead atoms. The number of phosphoric ester groups is 2. The molecular weight excluding hydrogens is 1340 g/mol. The molecule has 0 aliphatic heterocycles. The lowest BCUT2D eigenvalue weighted by Gasteiger charge is -2.21. The fourth-order valence-electron chi connectivity index (χ4n) is 10.0. The summed E-state index contributed by atoms with van der Waals surface area (Å²) in [4.78, 5) is 58.7. The van der Waals surface area contributed by atoms with E-state index in [1.807, 2.05) is 0 Å². The van der Waals surface area contributed by atoms with E-state index in [4.69, 9.17) is 32.3 Å². The van der Waals surface area contributed by atoms with Crippen molar-refractivity contribution >= 4 is 33.6 Å². The van der Waals surface area contributed by atoms with Crippen molar-refractivity contribution in [3.8, 4) is 0 Å². The number of carbonyl (C=O) groups excluding carboxylic acids is 3. The summed E-state index contributed by atoms with van der Waals surface area (Å²) >= 11 is 0. The van der Waals surface area contributed by atoms with Gasteiger partial charge in [0.15, 0.2) is 6.10 Å². The molecule has 0 saturated carbocycles. The molecule has 0 aliphatic rings. The average molecular weight is 1480 g/mol. The van der Waals surface area contributed by atoms with Crippen LogP contribution in [-0.2, 0) is 55.8 Å². The second kappa shape index (κ2) is 76.6. The summed E-state index contributed by atoms with van der Waals surface area (Å²) in [5.74, 6) is -1.62. The third-order valence-corrected chi connectivity index (χ3v) is 17.8. The Balaban J connectivity index is 4.65. The van der Waals surface area contributed by atoms with E-state index in [2.05, 4.69) is 191 Å². The Kier molecular flexibility index (Phi) is 72.8. The zero-order valence-corrected chi connectivity index (χ0v) is 65.7. The molecule has 4 N–H and O–H groups in total. The van der Waals surface area contributed by atoms with Gasteiger partial charge in [0.05, 0.1) is 26.4 Å². The minimum Gasteiger partial charge on any atom is -0.463 e. The van der Waals surface area contributed by atoms with Crippen LogP contribution < -0.4 is 0 Å². The number of rotatable bonds is 73. The van der Waals surface area contributed by atoms with Crippen molar-refractivity contribution in [1.82, 2.24) is 0 Å². The van der Waals surface area contributed by atoms with Gasteiger partial charge in [0, 0.05) is 19.3 Å². The fraction of sp³-hybridized carbons (Fsp3) is 0.635. The van der Waals surface area contributed by atoms with Crippen LogP contribution in [0.2, 0.25) is 0 Å². The molecule has 0 saturated heterocycles. The van der Waals surface area contributed by atoms with Crippen molar-refractivity contribution in [2.24, 2.45) is 0 Å². The molecule has 0 amide bonds. The van der Waals surface area contributed by atoms with E-state index in [0.717, 1.165) is 193 Å². The molecule has 5 atom stereocenters. The number of phosphoric acid groups is 2. The van der Waals surface area contributed by atoms with E-state index in [1.54, 1.807) is 0 Å². The van der Waals surface area contributed by atoms with Crippen LogP contribution in [0.15, 0.2) is 170 Å². The maximum absolute atomic E-state index is 13.0. The predicted octanol–water partition coefficient (Wildman–Crippen LogP) is 23.2. The number of aliphatic hydroxyl groups excluding tert-OH is 2. The summed E-state index contributed by atoms with van der Waals surface area (Å²) in [5, 5.41) is 20.6. The smallest absolute Gasteiger partial charge is 0.463 e. The maximum Gasteiger partial charge on any atom is 0.472 e. The molecule has 586 valence electrons. The van der Waals surface area contributed by atoms with Crippen molar-refractivity contribution in [3.05, 3.63) is 170 Å². The first kappa shape index (κ1) is 97.9. The molecule has 0 spiro atoms. The average Bonchev–Trinajstić information content (AvgIpc) is 0.918. The van der Waals surface area contributed by atoms with Gasteiger partial charge < -0.3 is 34.2 Å². The summed E-state index contributed by atoms with van der Waals surface area (Å²) in [7, 11) is -9.81. The van der Waals surface area contributed by atoms with E-state index in [0.29, 0.717) is 19.3 Å². The Morgan fingerprint density at radius 2 is 0.485 bits per heavy atom. The highest BCUT2D eigenvalue weighted by atomic mass is 31.2. The van der Waals surface area contributed by atoms with Crippen LogP contribution in [-0.4, -0.2) is 95.9 Å². The van der Waals surface area contributed by atoms with E-state index in [1.165, 1.54) is 38.5 Å². The van der Waals surface area contributed by atoms with Crippen molar-refractivity contribution in [2.45, 2.75) is 309 Å². The molecule has 0 aromatic rings. The van der Waals surface area contributed by atoms with Gasteiger partial charge in [0.25, 0.3) is 0 Å². The standard InChI is InChI=1S/C85H140O16P2/c1-4-7-10-13-16-19-22-25-28-31-33-35-37-38-39-40-42-44-45-48-50-53-56-59-62-65-68-71-83(88)95-74-80(86)75-97-102(91,92)98-76-81(87)77-99-103(93,94)100-79-82(101-85(90)73-70-67-64-61-58-55-52-47-30-27-24-21-18-15-12-9-6-3)78-96-84(89)72-69-66-63-60-57-54-51-49-46-43-41-36-34-32-29-26-23-20-17-14-11-8-5-2/h7-12,16-21,25-30,33-36,38-39,43,46,51,54,80-82,86-87H,4-6,13-15,22-24,31-32,37,40-42,44-45,47-50,52-53,55-79H2,1-3H3,(H,91,92)(H,93,94)/b10-7-,11-8-,12-9-,19-16-,20-17-,21-18-,28-25-,29-26-,30-27-,35-33-,36-34-,39-38-,46-43-,54-51-. The molecule has 0 fully saturated rings. The summed E-state index contributed by atoms with van der Waals surface area (Å²) in [6, 6.07) is 0. The summed E-state index contributed by atoms with van der Waals surface area (Å²) in [6.45, 7) is 2.29. The highest BCUT2D eigenvalue weighted by molar-refractivity contribution is 7.47. The zero-order valence-electron chi connectivity index (χ0n) is 63.9. The van der Waals surface area contributed by atoms with Gasteiger partial charge in [-0.3, -0.25) is 32.5 Å². The van der Waals surface area contributed by atoms with E-state index < -0.39 is 91.5 Å².